The van der Waals surface area contributed by atoms with Crippen molar-refractivity contribution in [1.82, 2.24) is 0 Å². The molecular formula is C25H28O6. The Morgan fingerprint density at radius 1 is 0.710 bits per heavy atom. The van der Waals surface area contributed by atoms with Crippen LogP contribution in [0.5, 0.6) is 11.5 Å². The summed E-state index contributed by atoms with van der Waals surface area (Å²) < 4.78 is 21.8. The number of carbonyl (C=O) groups is 2. The summed E-state index contributed by atoms with van der Waals surface area (Å²) in [6, 6.07) is 12.9. The number of ether oxygens (including phenoxy) is 4. The molecule has 0 bridgehead atoms. The standard InChI is InChI=1S/C25H28O6/c1-15(2)13-28-24(26)30-22-18-10-6-7-11-19(18)23(31-25(27)29-14-16(3)4)21-17(5)9-8-12-20(21)22/h6-12,15-16H,13-14H2,1-5H3. The van der Waals surface area contributed by atoms with Crippen molar-refractivity contribution in [2.75, 3.05) is 13.2 Å². The van der Waals surface area contributed by atoms with Crippen LogP contribution in [0.3, 0.4) is 0 Å². The number of hydrogen-bond donors (Lipinski definition) is 0. The van der Waals surface area contributed by atoms with E-state index in [4.69, 9.17) is 18.9 Å². The van der Waals surface area contributed by atoms with Crippen LogP contribution >= 0.6 is 0 Å². The first-order valence-corrected chi connectivity index (χ1v) is 10.4. The normalized spacial score (nSPS) is 11.2. The van der Waals surface area contributed by atoms with Crippen LogP contribution in [0.4, 0.5) is 9.59 Å². The van der Waals surface area contributed by atoms with Gasteiger partial charge in [0.05, 0.1) is 13.2 Å². The second kappa shape index (κ2) is 9.69. The van der Waals surface area contributed by atoms with Crippen molar-refractivity contribution in [3.05, 3.63) is 48.0 Å². The number of rotatable bonds is 6. The van der Waals surface area contributed by atoms with E-state index in [-0.39, 0.29) is 25.0 Å². The van der Waals surface area contributed by atoms with E-state index in [0.717, 1.165) is 5.56 Å². The van der Waals surface area contributed by atoms with Gasteiger partial charge in [0, 0.05) is 21.5 Å². The first-order chi connectivity index (χ1) is 14.8. The lowest BCUT2D eigenvalue weighted by atomic mass is 9.97. The first-order valence-electron chi connectivity index (χ1n) is 10.4. The minimum atomic E-state index is -0.772. The third kappa shape index (κ3) is 5.26. The maximum atomic E-state index is 12.4. The number of hydrogen-bond acceptors (Lipinski definition) is 6. The van der Waals surface area contributed by atoms with E-state index in [1.54, 1.807) is 0 Å². The molecule has 0 aromatic heterocycles. The summed E-state index contributed by atoms with van der Waals surface area (Å²) in [5.74, 6) is 1.12. The van der Waals surface area contributed by atoms with Crippen molar-refractivity contribution < 1.29 is 28.5 Å². The molecule has 0 saturated heterocycles. The molecule has 0 N–H and O–H groups in total. The fourth-order valence-corrected chi connectivity index (χ4v) is 3.23. The van der Waals surface area contributed by atoms with Crippen LogP contribution in [0.25, 0.3) is 21.5 Å². The highest BCUT2D eigenvalue weighted by Gasteiger charge is 2.22. The molecule has 0 spiro atoms. The van der Waals surface area contributed by atoms with Gasteiger partial charge in [-0.2, -0.15) is 0 Å². The SMILES string of the molecule is Cc1cccc2c(OC(=O)OCC(C)C)c3ccccc3c(OC(=O)OCC(C)C)c12. The van der Waals surface area contributed by atoms with E-state index >= 15 is 0 Å². The topological polar surface area (TPSA) is 71.1 Å². The van der Waals surface area contributed by atoms with Gasteiger partial charge in [-0.15, -0.1) is 0 Å². The van der Waals surface area contributed by atoms with Gasteiger partial charge in [-0.1, -0.05) is 70.2 Å². The van der Waals surface area contributed by atoms with Gasteiger partial charge in [0.2, 0.25) is 0 Å². The highest BCUT2D eigenvalue weighted by molar-refractivity contribution is 6.13. The Labute approximate surface area is 182 Å². The van der Waals surface area contributed by atoms with Gasteiger partial charge < -0.3 is 18.9 Å². The zero-order chi connectivity index (χ0) is 22.5. The molecule has 0 unspecified atom stereocenters. The molecule has 0 radical (unpaired) electrons. The predicted molar refractivity (Wildman–Crippen MR) is 120 cm³/mol. The van der Waals surface area contributed by atoms with Gasteiger partial charge in [0.25, 0.3) is 0 Å². The molecular weight excluding hydrogens is 396 g/mol. The number of benzene rings is 3. The Morgan fingerprint density at radius 2 is 1.19 bits per heavy atom. The molecule has 6 heteroatoms. The average molecular weight is 424 g/mol. The zero-order valence-electron chi connectivity index (χ0n) is 18.6. The second-order valence-electron chi connectivity index (χ2n) is 8.32. The Morgan fingerprint density at radius 3 is 1.74 bits per heavy atom. The molecule has 0 aliphatic heterocycles. The Bertz CT molecular complexity index is 1100. The van der Waals surface area contributed by atoms with E-state index in [1.165, 1.54) is 0 Å². The summed E-state index contributed by atoms with van der Waals surface area (Å²) in [6.45, 7) is 10.2. The monoisotopic (exact) mass is 424 g/mol. The lowest BCUT2D eigenvalue weighted by Gasteiger charge is -2.18. The molecule has 0 aliphatic rings. The summed E-state index contributed by atoms with van der Waals surface area (Å²) >= 11 is 0. The molecule has 0 fully saturated rings. The Hall–Kier alpha value is -3.28. The molecule has 164 valence electrons. The fraction of sp³-hybridized carbons (Fsp3) is 0.360. The van der Waals surface area contributed by atoms with Crippen LogP contribution in [0.2, 0.25) is 0 Å². The van der Waals surface area contributed by atoms with E-state index in [0.29, 0.717) is 33.0 Å². The second-order valence-corrected chi connectivity index (χ2v) is 8.32. The highest BCUT2D eigenvalue weighted by atomic mass is 16.7. The highest BCUT2D eigenvalue weighted by Crippen LogP contribution is 2.44. The van der Waals surface area contributed by atoms with Crippen LogP contribution in [-0.2, 0) is 9.47 Å². The Balaban J connectivity index is 2.13. The molecule has 3 rings (SSSR count). The minimum absolute atomic E-state index is 0.190. The molecule has 0 aliphatic carbocycles. The van der Waals surface area contributed by atoms with E-state index in [9.17, 15) is 9.59 Å². The van der Waals surface area contributed by atoms with E-state index < -0.39 is 12.3 Å². The van der Waals surface area contributed by atoms with Crippen molar-refractivity contribution in [3.63, 3.8) is 0 Å². The summed E-state index contributed by atoms with van der Waals surface area (Å²) in [7, 11) is 0. The third-order valence-corrected chi connectivity index (χ3v) is 4.60. The molecule has 31 heavy (non-hydrogen) atoms. The lowest BCUT2D eigenvalue weighted by Crippen LogP contribution is -2.16. The quantitative estimate of drug-likeness (QED) is 0.251. The molecule has 3 aromatic rings. The molecule has 6 nitrogen and oxygen atoms in total. The molecule has 0 amide bonds. The Kier molecular flexibility index (Phi) is 7.00. The number of carbonyl (C=O) groups excluding carboxylic acids is 2. The molecule has 0 atom stereocenters. The van der Waals surface area contributed by atoms with Gasteiger partial charge >= 0.3 is 12.3 Å². The number of aryl methyl sites for hydroxylation is 1. The van der Waals surface area contributed by atoms with Crippen LogP contribution in [0.1, 0.15) is 33.3 Å². The van der Waals surface area contributed by atoms with Crippen molar-refractivity contribution in [2.24, 2.45) is 11.8 Å². The van der Waals surface area contributed by atoms with Gasteiger partial charge in [-0.25, -0.2) is 9.59 Å². The van der Waals surface area contributed by atoms with Crippen molar-refractivity contribution in [2.45, 2.75) is 34.6 Å². The van der Waals surface area contributed by atoms with Gasteiger partial charge in [0.1, 0.15) is 5.75 Å². The van der Waals surface area contributed by atoms with Gasteiger partial charge in [-0.3, -0.25) is 0 Å². The fourth-order valence-electron chi connectivity index (χ4n) is 3.23. The summed E-state index contributed by atoms with van der Waals surface area (Å²) in [5, 5.41) is 2.59. The lowest BCUT2D eigenvalue weighted by molar-refractivity contribution is 0.0879. The first kappa shape index (κ1) is 22.4. The van der Waals surface area contributed by atoms with E-state index in [2.05, 4.69) is 0 Å². The van der Waals surface area contributed by atoms with E-state index in [1.807, 2.05) is 77.1 Å². The van der Waals surface area contributed by atoms with Crippen molar-refractivity contribution >= 4 is 33.9 Å². The molecule has 0 saturated carbocycles. The maximum Gasteiger partial charge on any atom is 0.513 e. The molecule has 3 aromatic carbocycles. The summed E-state index contributed by atoms with van der Waals surface area (Å²) in [4.78, 5) is 24.7. The maximum absolute atomic E-state index is 12.4. The van der Waals surface area contributed by atoms with Crippen LogP contribution in [0.15, 0.2) is 42.5 Å². The average Bonchev–Trinajstić information content (AvgIpc) is 2.73. The summed E-state index contributed by atoms with van der Waals surface area (Å²) in [5.41, 5.74) is 0.871. The van der Waals surface area contributed by atoms with Crippen LogP contribution < -0.4 is 9.47 Å². The smallest absolute Gasteiger partial charge is 0.434 e. The largest absolute Gasteiger partial charge is 0.513 e. The summed E-state index contributed by atoms with van der Waals surface area (Å²) in [6.07, 6.45) is -1.54. The van der Waals surface area contributed by atoms with Gasteiger partial charge in [0.15, 0.2) is 5.75 Å². The van der Waals surface area contributed by atoms with Crippen LogP contribution in [0, 0.1) is 18.8 Å². The molecule has 0 heterocycles. The van der Waals surface area contributed by atoms with Crippen molar-refractivity contribution in [1.29, 1.82) is 0 Å². The minimum Gasteiger partial charge on any atom is -0.434 e. The zero-order valence-corrected chi connectivity index (χ0v) is 18.6. The third-order valence-electron chi connectivity index (χ3n) is 4.60. The number of fused-ring (bicyclic) bond motifs is 2. The van der Waals surface area contributed by atoms with Crippen molar-refractivity contribution in [3.8, 4) is 11.5 Å². The predicted octanol–water partition coefficient (Wildman–Crippen LogP) is 6.64. The van der Waals surface area contributed by atoms with Gasteiger partial charge in [-0.05, 0) is 24.3 Å². The van der Waals surface area contributed by atoms with Crippen LogP contribution in [-0.4, -0.2) is 25.5 Å².